The van der Waals surface area contributed by atoms with Gasteiger partial charge in [-0.15, -0.1) is 0 Å². The second kappa shape index (κ2) is 1.91. The zero-order chi connectivity index (χ0) is 7.19. The van der Waals surface area contributed by atoms with Crippen LogP contribution in [0.2, 0.25) is 0 Å². The number of rotatable bonds is 0. The molecule has 0 radical (unpaired) electrons. The first kappa shape index (κ1) is 6.53. The number of halogens is 2. The maximum atomic E-state index is 12.6. The molecule has 2 atom stereocenters. The van der Waals surface area contributed by atoms with Gasteiger partial charge in [0.15, 0.2) is 0 Å². The smallest absolute Gasteiger partial charge is 0.268 e. The van der Waals surface area contributed by atoms with E-state index in [9.17, 15) is 8.78 Å². The second-order valence-electron chi connectivity index (χ2n) is 3.21. The van der Waals surface area contributed by atoms with Crippen LogP contribution in [-0.2, 0) is 0 Å². The molecular weight excluding hydrogens is 136 g/mol. The monoisotopic (exact) mass is 147 g/mol. The van der Waals surface area contributed by atoms with Gasteiger partial charge in [-0.1, -0.05) is 6.42 Å². The van der Waals surface area contributed by atoms with Crippen molar-refractivity contribution in [1.82, 2.24) is 5.32 Å². The molecule has 3 heteroatoms. The summed E-state index contributed by atoms with van der Waals surface area (Å²) in [5.74, 6) is -2.71. The van der Waals surface area contributed by atoms with Crippen molar-refractivity contribution in [3.05, 3.63) is 0 Å². The fraction of sp³-hybridized carbons (Fsp3) is 1.00. The van der Waals surface area contributed by atoms with Crippen molar-refractivity contribution < 1.29 is 8.78 Å². The standard InChI is InChI=1S/C7H11F2N/c8-7(9)5-3-1-2-4-10-6(5)7/h5-6,10H,1-4H2/t5-,6+/m0/s1. The van der Waals surface area contributed by atoms with Crippen LogP contribution in [0.4, 0.5) is 8.78 Å². The largest absolute Gasteiger partial charge is 0.308 e. The minimum atomic E-state index is -2.37. The molecule has 0 spiro atoms. The molecule has 1 aliphatic heterocycles. The average Bonchev–Trinajstić information content (AvgIpc) is 2.47. The Morgan fingerprint density at radius 2 is 2.10 bits per heavy atom. The first-order valence-electron chi connectivity index (χ1n) is 3.84. The molecule has 1 saturated heterocycles. The third-order valence-corrected chi connectivity index (χ3v) is 2.51. The van der Waals surface area contributed by atoms with Gasteiger partial charge >= 0.3 is 0 Å². The predicted molar refractivity (Wildman–Crippen MR) is 34.1 cm³/mol. The zero-order valence-electron chi connectivity index (χ0n) is 5.74. The SMILES string of the molecule is FC1(F)[C@@H]2NCCCC[C@@H]21. The van der Waals surface area contributed by atoms with Crippen molar-refractivity contribution in [1.29, 1.82) is 0 Å². The van der Waals surface area contributed by atoms with Crippen LogP contribution in [-0.4, -0.2) is 18.5 Å². The van der Waals surface area contributed by atoms with E-state index < -0.39 is 12.0 Å². The average molecular weight is 147 g/mol. The molecule has 2 aliphatic rings. The highest BCUT2D eigenvalue weighted by molar-refractivity contribution is 5.11. The van der Waals surface area contributed by atoms with Crippen molar-refractivity contribution in [2.45, 2.75) is 31.2 Å². The molecule has 2 rings (SSSR count). The quantitative estimate of drug-likeness (QED) is 0.546. The number of nitrogens with one attached hydrogen (secondary N) is 1. The van der Waals surface area contributed by atoms with E-state index in [0.717, 1.165) is 19.4 Å². The maximum absolute atomic E-state index is 12.6. The topological polar surface area (TPSA) is 12.0 Å². The van der Waals surface area contributed by atoms with E-state index in [-0.39, 0.29) is 5.92 Å². The van der Waals surface area contributed by atoms with E-state index in [2.05, 4.69) is 5.32 Å². The Hall–Kier alpha value is -0.180. The van der Waals surface area contributed by atoms with E-state index >= 15 is 0 Å². The van der Waals surface area contributed by atoms with Gasteiger partial charge in [-0.2, -0.15) is 0 Å². The second-order valence-corrected chi connectivity index (χ2v) is 3.21. The van der Waals surface area contributed by atoms with Gasteiger partial charge in [0.1, 0.15) is 0 Å². The van der Waals surface area contributed by atoms with Gasteiger partial charge in [0.2, 0.25) is 0 Å². The Labute approximate surface area is 58.8 Å². The first-order valence-corrected chi connectivity index (χ1v) is 3.84. The molecule has 0 aromatic heterocycles. The fourth-order valence-electron chi connectivity index (χ4n) is 1.77. The lowest BCUT2D eigenvalue weighted by molar-refractivity contribution is 0.0854. The van der Waals surface area contributed by atoms with Crippen LogP contribution in [0.15, 0.2) is 0 Å². The molecule has 0 amide bonds. The molecule has 58 valence electrons. The number of fused-ring (bicyclic) bond motifs is 1. The lowest BCUT2D eigenvalue weighted by Crippen LogP contribution is -2.22. The van der Waals surface area contributed by atoms with E-state index in [1.807, 2.05) is 0 Å². The van der Waals surface area contributed by atoms with Gasteiger partial charge in [0, 0.05) is 5.92 Å². The minimum Gasteiger partial charge on any atom is -0.308 e. The van der Waals surface area contributed by atoms with Crippen LogP contribution in [0.5, 0.6) is 0 Å². The number of hydrogen-bond donors (Lipinski definition) is 1. The van der Waals surface area contributed by atoms with Crippen LogP contribution in [0.25, 0.3) is 0 Å². The number of hydrogen-bond acceptors (Lipinski definition) is 1. The first-order chi connectivity index (χ1) is 4.73. The van der Waals surface area contributed by atoms with Crippen LogP contribution in [0.1, 0.15) is 19.3 Å². The molecule has 1 heterocycles. The summed E-state index contributed by atoms with van der Waals surface area (Å²) in [6.07, 6.45) is 2.73. The summed E-state index contributed by atoms with van der Waals surface area (Å²) in [4.78, 5) is 0. The van der Waals surface area contributed by atoms with Gasteiger partial charge < -0.3 is 5.32 Å². The predicted octanol–water partition coefficient (Wildman–Crippen LogP) is 1.39. The van der Waals surface area contributed by atoms with Crippen molar-refractivity contribution in [2.24, 2.45) is 5.92 Å². The summed E-state index contributed by atoms with van der Waals surface area (Å²) in [5.41, 5.74) is 0. The van der Waals surface area contributed by atoms with Gasteiger partial charge in [-0.3, -0.25) is 0 Å². The van der Waals surface area contributed by atoms with Crippen molar-refractivity contribution in [3.8, 4) is 0 Å². The molecule has 1 saturated carbocycles. The molecule has 0 bridgehead atoms. The van der Waals surface area contributed by atoms with Gasteiger partial charge in [-0.05, 0) is 19.4 Å². The van der Waals surface area contributed by atoms with E-state index in [1.165, 1.54) is 0 Å². The summed E-state index contributed by atoms with van der Waals surface area (Å²) in [6, 6.07) is -0.477. The molecule has 1 nitrogen and oxygen atoms in total. The van der Waals surface area contributed by atoms with E-state index in [0.29, 0.717) is 6.42 Å². The van der Waals surface area contributed by atoms with Crippen molar-refractivity contribution >= 4 is 0 Å². The molecule has 0 aromatic rings. The van der Waals surface area contributed by atoms with Crippen LogP contribution < -0.4 is 5.32 Å². The summed E-state index contributed by atoms with van der Waals surface area (Å²) in [5, 5.41) is 2.86. The van der Waals surface area contributed by atoms with Gasteiger partial charge in [-0.25, -0.2) is 8.78 Å². The molecule has 1 aliphatic carbocycles. The minimum absolute atomic E-state index is 0.338. The Bertz CT molecular complexity index is 133. The lowest BCUT2D eigenvalue weighted by atomic mass is 10.2. The lowest BCUT2D eigenvalue weighted by Gasteiger charge is -2.00. The molecular formula is C7H11F2N. The summed E-state index contributed by atoms with van der Waals surface area (Å²) in [7, 11) is 0. The molecule has 10 heavy (non-hydrogen) atoms. The van der Waals surface area contributed by atoms with Crippen LogP contribution in [0.3, 0.4) is 0 Å². The van der Waals surface area contributed by atoms with Gasteiger partial charge in [0.25, 0.3) is 5.92 Å². The Kier molecular flexibility index (Phi) is 1.24. The third-order valence-electron chi connectivity index (χ3n) is 2.51. The summed E-state index contributed by atoms with van der Waals surface area (Å²) >= 11 is 0. The van der Waals surface area contributed by atoms with E-state index in [4.69, 9.17) is 0 Å². The van der Waals surface area contributed by atoms with Crippen LogP contribution >= 0.6 is 0 Å². The fourth-order valence-corrected chi connectivity index (χ4v) is 1.77. The highest BCUT2D eigenvalue weighted by atomic mass is 19.3. The number of alkyl halides is 2. The highest BCUT2D eigenvalue weighted by Gasteiger charge is 2.67. The normalized spacial score (nSPS) is 43.8. The summed E-state index contributed by atoms with van der Waals surface area (Å²) in [6.45, 7) is 0.775. The Morgan fingerprint density at radius 3 is 2.90 bits per heavy atom. The Morgan fingerprint density at radius 1 is 1.30 bits per heavy atom. The van der Waals surface area contributed by atoms with Crippen LogP contribution in [0, 0.1) is 5.92 Å². The van der Waals surface area contributed by atoms with E-state index in [1.54, 1.807) is 0 Å². The Balaban J connectivity index is 2.01. The molecule has 0 aromatic carbocycles. The highest BCUT2D eigenvalue weighted by Crippen LogP contribution is 2.52. The van der Waals surface area contributed by atoms with Crippen molar-refractivity contribution in [3.63, 3.8) is 0 Å². The molecule has 2 fully saturated rings. The molecule has 1 N–H and O–H groups in total. The van der Waals surface area contributed by atoms with Gasteiger partial charge in [0.05, 0.1) is 6.04 Å². The maximum Gasteiger partial charge on any atom is 0.268 e. The summed E-state index contributed by atoms with van der Waals surface area (Å²) < 4.78 is 25.2. The van der Waals surface area contributed by atoms with Crippen molar-refractivity contribution in [2.75, 3.05) is 6.54 Å². The third kappa shape index (κ3) is 0.764. The zero-order valence-corrected chi connectivity index (χ0v) is 5.74. The molecule has 0 unspecified atom stereocenters.